The lowest BCUT2D eigenvalue weighted by Gasteiger charge is -2.29. The average molecular weight is 512 g/mol. The van der Waals surface area contributed by atoms with E-state index in [1.807, 2.05) is 26.8 Å². The van der Waals surface area contributed by atoms with Crippen LogP contribution in [-0.4, -0.2) is 33.2 Å². The van der Waals surface area contributed by atoms with Gasteiger partial charge in [-0.1, -0.05) is 25.4 Å². The van der Waals surface area contributed by atoms with E-state index in [0.29, 0.717) is 22.8 Å². The maximum atomic E-state index is 13.1. The quantitative estimate of drug-likeness (QED) is 0.548. The molecule has 2 atom stereocenters. The molecule has 0 aromatic carbocycles. The van der Waals surface area contributed by atoms with Crippen molar-refractivity contribution < 1.29 is 14.3 Å². The van der Waals surface area contributed by atoms with Gasteiger partial charge in [0.15, 0.2) is 0 Å². The Morgan fingerprint density at radius 1 is 1.28 bits per heavy atom. The zero-order valence-corrected chi connectivity index (χ0v) is 22.3. The van der Waals surface area contributed by atoms with Crippen LogP contribution in [0.3, 0.4) is 0 Å². The predicted octanol–water partition coefficient (Wildman–Crippen LogP) is 5.68. The van der Waals surface area contributed by atoms with Gasteiger partial charge in [0.1, 0.15) is 18.0 Å². The highest BCUT2D eigenvalue weighted by atomic mass is 35.5. The summed E-state index contributed by atoms with van der Waals surface area (Å²) >= 11 is 6.53. The molecule has 2 aliphatic rings. The first-order valence-corrected chi connectivity index (χ1v) is 12.8. The fourth-order valence-electron chi connectivity index (χ4n) is 5.13. The van der Waals surface area contributed by atoms with E-state index in [9.17, 15) is 14.9 Å². The van der Waals surface area contributed by atoms with Crippen molar-refractivity contribution >= 4 is 29.4 Å². The molecule has 0 bridgehead atoms. The molecule has 0 saturated heterocycles. The first kappa shape index (κ1) is 26.0. The van der Waals surface area contributed by atoms with E-state index in [-0.39, 0.29) is 28.9 Å². The highest BCUT2D eigenvalue weighted by Gasteiger charge is 2.34. The van der Waals surface area contributed by atoms with Crippen molar-refractivity contribution in [3.63, 3.8) is 0 Å². The number of alkyl carbamates (subject to hydrolysis) is 1. The van der Waals surface area contributed by atoms with E-state index in [2.05, 4.69) is 40.1 Å². The molecule has 192 valence electrons. The number of carbonyl (C=O) groups excluding carboxylic acids is 2. The molecular formula is C27H34ClN5O3. The van der Waals surface area contributed by atoms with Gasteiger partial charge in [-0.25, -0.2) is 9.78 Å². The largest absolute Gasteiger partial charge is 0.446 e. The molecule has 0 radical (unpaired) electrons. The van der Waals surface area contributed by atoms with Crippen LogP contribution in [0.1, 0.15) is 71.6 Å². The minimum Gasteiger partial charge on any atom is -0.446 e. The van der Waals surface area contributed by atoms with Crippen LogP contribution in [0.2, 0.25) is 5.02 Å². The number of hydrogen-bond donors (Lipinski definition) is 2. The van der Waals surface area contributed by atoms with Crippen LogP contribution in [0, 0.1) is 22.7 Å². The van der Waals surface area contributed by atoms with Crippen molar-refractivity contribution in [3.8, 4) is 17.3 Å². The van der Waals surface area contributed by atoms with Gasteiger partial charge in [-0.3, -0.25) is 4.79 Å². The number of fused-ring (bicyclic) bond motifs is 1. The Kier molecular flexibility index (Phi) is 7.07. The number of ether oxygens (including phenoxy) is 1. The molecule has 36 heavy (non-hydrogen) atoms. The van der Waals surface area contributed by atoms with Crippen molar-refractivity contribution in [2.45, 2.75) is 84.9 Å². The summed E-state index contributed by atoms with van der Waals surface area (Å²) in [5, 5.41) is 15.8. The van der Waals surface area contributed by atoms with Gasteiger partial charge in [0.05, 0.1) is 16.3 Å². The first-order chi connectivity index (χ1) is 16.8. The highest BCUT2D eigenvalue weighted by molar-refractivity contribution is 6.33. The van der Waals surface area contributed by atoms with Crippen molar-refractivity contribution in [1.82, 2.24) is 14.9 Å². The molecular weight excluding hydrogens is 478 g/mol. The number of hydrogen-bond acceptors (Lipinski definition) is 5. The van der Waals surface area contributed by atoms with Crippen LogP contribution in [-0.2, 0) is 22.5 Å². The maximum absolute atomic E-state index is 13.1. The molecule has 4 rings (SSSR count). The summed E-state index contributed by atoms with van der Waals surface area (Å²) in [7, 11) is 0. The number of pyridine rings is 1. The average Bonchev–Trinajstić information content (AvgIpc) is 3.26. The normalized spacial score (nSPS) is 20.8. The second-order valence-corrected chi connectivity index (χ2v) is 12.1. The van der Waals surface area contributed by atoms with Crippen LogP contribution >= 0.6 is 11.6 Å². The summed E-state index contributed by atoms with van der Waals surface area (Å²) < 4.78 is 7.72. The van der Waals surface area contributed by atoms with E-state index < -0.39 is 6.09 Å². The monoisotopic (exact) mass is 511 g/mol. The third-order valence-corrected chi connectivity index (χ3v) is 6.99. The number of nitrogens with one attached hydrogen (secondary N) is 2. The smallest absolute Gasteiger partial charge is 0.407 e. The van der Waals surface area contributed by atoms with E-state index in [1.165, 1.54) is 6.20 Å². The summed E-state index contributed by atoms with van der Waals surface area (Å²) in [5.41, 5.74) is 2.91. The molecule has 2 N–H and O–H groups in total. The second-order valence-electron chi connectivity index (χ2n) is 11.7. The molecule has 3 heterocycles. The lowest BCUT2D eigenvalue weighted by molar-refractivity contribution is -0.122. The number of carbonyl (C=O) groups is 2. The first-order valence-electron chi connectivity index (χ1n) is 12.4. The number of aromatic nitrogens is 2. The molecule has 2 aromatic rings. The van der Waals surface area contributed by atoms with Gasteiger partial charge in [0.25, 0.3) is 0 Å². The topological polar surface area (TPSA) is 109 Å². The maximum Gasteiger partial charge on any atom is 0.407 e. The third kappa shape index (κ3) is 5.84. The van der Waals surface area contributed by atoms with Crippen LogP contribution in [0.25, 0.3) is 11.3 Å². The molecule has 0 spiro atoms. The lowest BCUT2D eigenvalue weighted by atomic mass is 9.86. The summed E-state index contributed by atoms with van der Waals surface area (Å²) in [6.07, 6.45) is 4.31. The van der Waals surface area contributed by atoms with Crippen LogP contribution in [0.4, 0.5) is 10.6 Å². The van der Waals surface area contributed by atoms with E-state index >= 15 is 0 Å². The highest BCUT2D eigenvalue weighted by Crippen LogP contribution is 2.41. The number of nitrogens with zero attached hydrogens (tertiary/aromatic N) is 3. The molecule has 9 heteroatoms. The fraction of sp³-hybridized carbons (Fsp3) is 0.556. The predicted molar refractivity (Wildman–Crippen MR) is 139 cm³/mol. The Morgan fingerprint density at radius 2 is 2.03 bits per heavy atom. The third-order valence-electron chi connectivity index (χ3n) is 6.69. The number of nitriles is 1. The van der Waals surface area contributed by atoms with Gasteiger partial charge < -0.3 is 19.9 Å². The van der Waals surface area contributed by atoms with Crippen LogP contribution < -0.4 is 10.6 Å². The number of amides is 2. The molecule has 2 amide bonds. The van der Waals surface area contributed by atoms with Crippen LogP contribution in [0.5, 0.6) is 0 Å². The Morgan fingerprint density at radius 3 is 2.72 bits per heavy atom. The van der Waals surface area contributed by atoms with Gasteiger partial charge in [-0.15, -0.1) is 0 Å². The van der Waals surface area contributed by atoms with E-state index in [0.717, 1.165) is 49.2 Å². The van der Waals surface area contributed by atoms with Crippen molar-refractivity contribution in [3.05, 3.63) is 34.6 Å². The zero-order valence-electron chi connectivity index (χ0n) is 21.6. The minimum absolute atomic E-state index is 0.0525. The fourth-order valence-corrected chi connectivity index (χ4v) is 5.33. The summed E-state index contributed by atoms with van der Waals surface area (Å²) in [6.45, 7) is 10.8. The van der Waals surface area contributed by atoms with Gasteiger partial charge in [0.2, 0.25) is 5.91 Å². The van der Waals surface area contributed by atoms with Gasteiger partial charge in [0, 0.05) is 35.5 Å². The minimum atomic E-state index is -0.461. The molecule has 0 unspecified atom stereocenters. The van der Waals surface area contributed by atoms with Crippen LogP contribution in [0.15, 0.2) is 18.3 Å². The SMILES string of the molecule is CC1(C)Cc2c(C#N)cc(-c3cc(NC(=O)[C@H]4CCC[C@@H](OC(=O)NC(C)(C)C)C4)ncc3Cl)n2C1. The molecule has 1 fully saturated rings. The summed E-state index contributed by atoms with van der Waals surface area (Å²) in [4.78, 5) is 29.6. The zero-order chi connectivity index (χ0) is 26.3. The number of anilines is 1. The molecule has 8 nitrogen and oxygen atoms in total. The van der Waals surface area contributed by atoms with Crippen molar-refractivity contribution in [2.24, 2.45) is 11.3 Å². The summed E-state index contributed by atoms with van der Waals surface area (Å²) in [6, 6.07) is 5.94. The number of halogens is 1. The second kappa shape index (κ2) is 9.78. The molecule has 2 aromatic heterocycles. The summed E-state index contributed by atoms with van der Waals surface area (Å²) in [5.74, 6) is -0.0329. The Labute approximate surface area is 217 Å². The molecule has 1 aliphatic carbocycles. The van der Waals surface area contributed by atoms with Gasteiger partial charge in [-0.05, 0) is 70.4 Å². The Hall–Kier alpha value is -3.05. The standard InChI is InChI=1S/C27H34ClN5O3/c1-26(2,3)32-25(35)36-18-8-6-7-16(9-18)24(34)31-23-11-19(20(28)14-30-23)21-10-17(13-29)22-12-27(4,5)15-33(21)22/h10-11,14,16,18H,6-9,12,15H2,1-5H3,(H,32,35)(H,30,31,34)/t16-,18+/m0/s1. The van der Waals surface area contributed by atoms with Gasteiger partial charge >= 0.3 is 6.09 Å². The van der Waals surface area contributed by atoms with Crippen molar-refractivity contribution in [1.29, 1.82) is 5.26 Å². The number of rotatable bonds is 4. The van der Waals surface area contributed by atoms with E-state index in [1.54, 1.807) is 6.07 Å². The molecule has 1 aliphatic heterocycles. The Balaban J connectivity index is 1.48. The molecule has 1 saturated carbocycles. The Bertz CT molecular complexity index is 1220. The van der Waals surface area contributed by atoms with Gasteiger partial charge in [-0.2, -0.15) is 5.26 Å². The van der Waals surface area contributed by atoms with Crippen molar-refractivity contribution in [2.75, 3.05) is 5.32 Å². The lowest BCUT2D eigenvalue weighted by Crippen LogP contribution is -2.43. The van der Waals surface area contributed by atoms with E-state index in [4.69, 9.17) is 16.3 Å².